The molecule has 0 atom stereocenters. The monoisotopic (exact) mass is 233 g/mol. The van der Waals surface area contributed by atoms with Gasteiger partial charge in [-0.25, -0.2) is 10.0 Å². The van der Waals surface area contributed by atoms with Crippen LogP contribution in [0.3, 0.4) is 0 Å². The molecule has 0 spiro atoms. The van der Waals surface area contributed by atoms with Crippen LogP contribution in [0, 0.1) is 6.92 Å². The molecule has 1 aliphatic rings. The Morgan fingerprint density at radius 2 is 2.00 bits per heavy atom. The third-order valence-electron chi connectivity index (χ3n) is 2.99. The van der Waals surface area contributed by atoms with E-state index < -0.39 is 0 Å². The molecule has 0 radical (unpaired) electrons. The van der Waals surface area contributed by atoms with Crippen LogP contribution in [0.4, 0.5) is 5.69 Å². The Bertz CT molecular complexity index is 386. The molecule has 4 heteroatoms. The van der Waals surface area contributed by atoms with Gasteiger partial charge in [0.1, 0.15) is 0 Å². The maximum atomic E-state index is 12.0. The topological polar surface area (TPSA) is 49.6 Å². The first kappa shape index (κ1) is 12.1. The van der Waals surface area contributed by atoms with E-state index in [1.807, 2.05) is 36.2 Å². The third kappa shape index (κ3) is 2.65. The Morgan fingerprint density at radius 3 is 2.65 bits per heavy atom. The van der Waals surface area contributed by atoms with Crippen LogP contribution in [0.2, 0.25) is 0 Å². The summed E-state index contributed by atoms with van der Waals surface area (Å²) in [7, 11) is 0. The van der Waals surface area contributed by atoms with Crippen molar-refractivity contribution in [3.63, 3.8) is 0 Å². The number of hydrogen-bond acceptors (Lipinski definition) is 3. The van der Waals surface area contributed by atoms with Gasteiger partial charge in [-0.05, 0) is 25.5 Å². The minimum absolute atomic E-state index is 0.161. The van der Waals surface area contributed by atoms with Gasteiger partial charge in [0.05, 0.1) is 5.69 Å². The van der Waals surface area contributed by atoms with Gasteiger partial charge in [0.2, 0.25) is 5.91 Å². The summed E-state index contributed by atoms with van der Waals surface area (Å²) in [5.74, 6) is 0.161. The number of aryl methyl sites for hydroxylation is 1. The van der Waals surface area contributed by atoms with E-state index in [0.717, 1.165) is 25.2 Å². The number of hydrogen-bond donors (Lipinski definition) is 1. The molecule has 4 nitrogen and oxygen atoms in total. The molecule has 1 saturated heterocycles. The number of hydrazine groups is 1. The first-order valence-corrected chi connectivity index (χ1v) is 6.07. The van der Waals surface area contributed by atoms with Crippen LogP contribution in [0.25, 0.3) is 0 Å². The second kappa shape index (κ2) is 5.29. The Balaban J connectivity index is 2.24. The fraction of sp³-hybridized carbons (Fsp3) is 0.462. The lowest BCUT2D eigenvalue weighted by molar-refractivity contribution is -0.123. The van der Waals surface area contributed by atoms with Gasteiger partial charge >= 0.3 is 0 Å². The van der Waals surface area contributed by atoms with Crippen molar-refractivity contribution in [2.24, 2.45) is 5.73 Å². The zero-order valence-electron chi connectivity index (χ0n) is 10.2. The van der Waals surface area contributed by atoms with Crippen molar-refractivity contribution in [2.45, 2.75) is 19.8 Å². The van der Waals surface area contributed by atoms with Crippen molar-refractivity contribution in [1.29, 1.82) is 0 Å². The maximum Gasteiger partial charge on any atom is 0.241 e. The summed E-state index contributed by atoms with van der Waals surface area (Å²) in [4.78, 5) is 12.0. The highest BCUT2D eigenvalue weighted by atomic mass is 16.2. The molecule has 0 aromatic heterocycles. The standard InChI is InChI=1S/C13H19N3O/c1-11-4-6-12(7-5-11)16-13(17)3-2-9-15(16)10-8-14/h4-7H,2-3,8-10,14H2,1H3. The quantitative estimate of drug-likeness (QED) is 0.856. The van der Waals surface area contributed by atoms with Gasteiger partial charge in [0, 0.05) is 26.1 Å². The fourth-order valence-corrected chi connectivity index (χ4v) is 2.13. The summed E-state index contributed by atoms with van der Waals surface area (Å²) in [6.07, 6.45) is 1.54. The zero-order valence-corrected chi connectivity index (χ0v) is 10.2. The minimum Gasteiger partial charge on any atom is -0.329 e. The lowest BCUT2D eigenvalue weighted by atomic mass is 10.2. The van der Waals surface area contributed by atoms with Gasteiger partial charge in [-0.3, -0.25) is 4.79 Å². The first-order chi connectivity index (χ1) is 8.22. The van der Waals surface area contributed by atoms with Crippen molar-refractivity contribution in [1.82, 2.24) is 5.01 Å². The summed E-state index contributed by atoms with van der Waals surface area (Å²) in [6, 6.07) is 8.03. The highest BCUT2D eigenvalue weighted by molar-refractivity contribution is 5.93. The molecule has 1 aromatic carbocycles. The average Bonchev–Trinajstić information content (AvgIpc) is 2.32. The molecule has 0 bridgehead atoms. The summed E-state index contributed by atoms with van der Waals surface area (Å²) in [5, 5.41) is 3.81. The Hall–Kier alpha value is -1.39. The van der Waals surface area contributed by atoms with E-state index in [0.29, 0.717) is 13.0 Å². The van der Waals surface area contributed by atoms with E-state index in [1.165, 1.54) is 5.56 Å². The Labute approximate surface area is 102 Å². The van der Waals surface area contributed by atoms with Crippen LogP contribution in [0.5, 0.6) is 0 Å². The van der Waals surface area contributed by atoms with Crippen LogP contribution in [0.15, 0.2) is 24.3 Å². The van der Waals surface area contributed by atoms with Gasteiger partial charge in [0.25, 0.3) is 0 Å². The molecule has 1 amide bonds. The largest absolute Gasteiger partial charge is 0.329 e. The summed E-state index contributed by atoms with van der Waals surface area (Å²) >= 11 is 0. The van der Waals surface area contributed by atoms with Crippen molar-refractivity contribution in [2.75, 3.05) is 24.6 Å². The smallest absolute Gasteiger partial charge is 0.241 e. The van der Waals surface area contributed by atoms with Crippen LogP contribution in [-0.2, 0) is 4.79 Å². The number of nitrogens with two attached hydrogens (primary N) is 1. The molecule has 1 heterocycles. The van der Waals surface area contributed by atoms with Gasteiger partial charge in [-0.15, -0.1) is 0 Å². The van der Waals surface area contributed by atoms with Crippen LogP contribution in [0.1, 0.15) is 18.4 Å². The van der Waals surface area contributed by atoms with Gasteiger partial charge in [-0.1, -0.05) is 17.7 Å². The van der Waals surface area contributed by atoms with E-state index in [9.17, 15) is 4.79 Å². The highest BCUT2D eigenvalue weighted by Crippen LogP contribution is 2.22. The molecule has 2 N–H and O–H groups in total. The molecule has 2 rings (SSSR count). The van der Waals surface area contributed by atoms with Gasteiger partial charge in [0.15, 0.2) is 0 Å². The molecule has 17 heavy (non-hydrogen) atoms. The second-order valence-electron chi connectivity index (χ2n) is 4.39. The van der Waals surface area contributed by atoms with Gasteiger partial charge in [-0.2, -0.15) is 0 Å². The lowest BCUT2D eigenvalue weighted by Crippen LogP contribution is -2.52. The second-order valence-corrected chi connectivity index (χ2v) is 4.39. The molecular formula is C13H19N3O. The van der Waals surface area contributed by atoms with Crippen LogP contribution >= 0.6 is 0 Å². The van der Waals surface area contributed by atoms with E-state index in [2.05, 4.69) is 0 Å². The van der Waals surface area contributed by atoms with Crippen LogP contribution < -0.4 is 10.7 Å². The molecule has 1 fully saturated rings. The van der Waals surface area contributed by atoms with E-state index >= 15 is 0 Å². The number of carbonyl (C=O) groups excluding carboxylic acids is 1. The fourth-order valence-electron chi connectivity index (χ4n) is 2.13. The molecule has 1 aromatic rings. The van der Waals surface area contributed by atoms with Crippen molar-refractivity contribution in [3.05, 3.63) is 29.8 Å². The summed E-state index contributed by atoms with van der Waals surface area (Å²) in [5.41, 5.74) is 7.73. The predicted molar refractivity (Wildman–Crippen MR) is 68.5 cm³/mol. The summed E-state index contributed by atoms with van der Waals surface area (Å²) in [6.45, 7) is 4.23. The SMILES string of the molecule is Cc1ccc(N2C(=O)CCCN2CCN)cc1. The number of amides is 1. The Kier molecular flexibility index (Phi) is 3.76. The molecule has 1 aliphatic heterocycles. The number of anilines is 1. The first-order valence-electron chi connectivity index (χ1n) is 6.07. The third-order valence-corrected chi connectivity index (χ3v) is 2.99. The van der Waals surface area contributed by atoms with Crippen molar-refractivity contribution in [3.8, 4) is 0 Å². The number of nitrogens with zero attached hydrogens (tertiary/aromatic N) is 2. The van der Waals surface area contributed by atoms with E-state index in [4.69, 9.17) is 5.73 Å². The minimum atomic E-state index is 0.161. The van der Waals surface area contributed by atoms with Gasteiger partial charge < -0.3 is 5.73 Å². The predicted octanol–water partition coefficient (Wildman–Crippen LogP) is 1.30. The van der Waals surface area contributed by atoms with E-state index in [-0.39, 0.29) is 5.91 Å². The molecule has 0 aliphatic carbocycles. The lowest BCUT2D eigenvalue weighted by Gasteiger charge is -2.38. The number of benzene rings is 1. The average molecular weight is 233 g/mol. The molecule has 92 valence electrons. The van der Waals surface area contributed by atoms with Crippen LogP contribution in [-0.4, -0.2) is 30.6 Å². The number of rotatable bonds is 3. The molecule has 0 saturated carbocycles. The highest BCUT2D eigenvalue weighted by Gasteiger charge is 2.26. The maximum absolute atomic E-state index is 12.0. The molecular weight excluding hydrogens is 214 g/mol. The summed E-state index contributed by atoms with van der Waals surface area (Å²) < 4.78 is 0. The zero-order chi connectivity index (χ0) is 12.3. The van der Waals surface area contributed by atoms with Crippen molar-refractivity contribution >= 4 is 11.6 Å². The van der Waals surface area contributed by atoms with Crippen molar-refractivity contribution < 1.29 is 4.79 Å². The Morgan fingerprint density at radius 1 is 1.29 bits per heavy atom. The van der Waals surface area contributed by atoms with E-state index in [1.54, 1.807) is 5.01 Å². The number of carbonyl (C=O) groups is 1. The molecule has 0 unspecified atom stereocenters. The normalized spacial score (nSPS) is 17.5.